The third-order valence-corrected chi connectivity index (χ3v) is 2.88. The number of ketones is 1. The van der Waals surface area contributed by atoms with Crippen molar-refractivity contribution in [2.45, 2.75) is 32.4 Å². The molecule has 0 aliphatic heterocycles. The van der Waals surface area contributed by atoms with Gasteiger partial charge in [0.25, 0.3) is 0 Å². The monoisotopic (exact) mass is 162 g/mol. The van der Waals surface area contributed by atoms with Crippen molar-refractivity contribution >= 4 is 16.6 Å². The highest BCUT2D eigenvalue weighted by Gasteiger charge is 2.08. The molecule has 0 aliphatic rings. The molecule has 1 unspecified atom stereocenters. The zero-order chi connectivity index (χ0) is 8.15. The topological polar surface area (TPSA) is 34.1 Å². The zero-order valence-electron chi connectivity index (χ0n) is 6.72. The number of hydrogen-bond acceptors (Lipinski definition) is 2. The van der Waals surface area contributed by atoms with E-state index in [1.165, 1.54) is 0 Å². The van der Waals surface area contributed by atoms with Crippen LogP contribution in [-0.4, -0.2) is 21.0 Å². The molecule has 2 nitrogen and oxygen atoms in total. The number of carbonyl (C=O) groups is 1. The van der Waals surface area contributed by atoms with Gasteiger partial charge in [-0.25, -0.2) is 0 Å². The predicted molar refractivity (Wildman–Crippen MR) is 43.4 cm³/mol. The summed E-state index contributed by atoms with van der Waals surface area (Å²) >= 11 is 0. The Labute approximate surface area is 64.5 Å². The molecule has 0 saturated heterocycles. The molecule has 10 heavy (non-hydrogen) atoms. The summed E-state index contributed by atoms with van der Waals surface area (Å²) in [5, 5.41) is 0.107. The van der Waals surface area contributed by atoms with Crippen LogP contribution < -0.4 is 0 Å². The van der Waals surface area contributed by atoms with E-state index >= 15 is 0 Å². The minimum absolute atomic E-state index is 0.0898. The van der Waals surface area contributed by atoms with Gasteiger partial charge in [0.2, 0.25) is 0 Å². The first kappa shape index (κ1) is 9.82. The summed E-state index contributed by atoms with van der Waals surface area (Å²) in [5.74, 6) is 0.320. The van der Waals surface area contributed by atoms with Crippen LogP contribution in [0.5, 0.6) is 0 Å². The summed E-state index contributed by atoms with van der Waals surface area (Å²) in [7, 11) is -0.951. The lowest BCUT2D eigenvalue weighted by molar-refractivity contribution is -0.116. The highest BCUT2D eigenvalue weighted by Crippen LogP contribution is 1.95. The number of rotatable bonds is 4. The minimum Gasteiger partial charge on any atom is -0.299 e. The van der Waals surface area contributed by atoms with E-state index < -0.39 is 10.8 Å². The molecule has 0 amide bonds. The van der Waals surface area contributed by atoms with E-state index in [2.05, 4.69) is 0 Å². The smallest absolute Gasteiger partial charge is 0.145 e. The Bertz CT molecular complexity index is 141. The van der Waals surface area contributed by atoms with Crippen LogP contribution in [0, 0.1) is 0 Å². The van der Waals surface area contributed by atoms with Crippen molar-refractivity contribution in [1.82, 2.24) is 0 Å². The van der Waals surface area contributed by atoms with Crippen LogP contribution in [0.2, 0.25) is 0 Å². The molecule has 1 atom stereocenters. The molecule has 0 fully saturated rings. The Balaban J connectivity index is 3.69. The molecule has 0 spiro atoms. The van der Waals surface area contributed by atoms with Gasteiger partial charge < -0.3 is 0 Å². The maximum Gasteiger partial charge on any atom is 0.145 e. The summed E-state index contributed by atoms with van der Waals surface area (Å²) < 4.78 is 11.0. The molecule has 0 bridgehead atoms. The Morgan fingerprint density at radius 1 is 1.50 bits per heavy atom. The molecule has 0 saturated carbocycles. The summed E-state index contributed by atoms with van der Waals surface area (Å²) in [6.07, 6.45) is 0.498. The molecule has 0 aliphatic carbocycles. The molecule has 3 heteroatoms. The fraction of sp³-hybridized carbons (Fsp3) is 0.857. The fourth-order valence-electron chi connectivity index (χ4n) is 0.427. The van der Waals surface area contributed by atoms with Gasteiger partial charge in [-0.15, -0.1) is 0 Å². The Morgan fingerprint density at radius 2 is 2.00 bits per heavy atom. The third kappa shape index (κ3) is 3.77. The van der Waals surface area contributed by atoms with Gasteiger partial charge in [-0.05, 0) is 0 Å². The van der Waals surface area contributed by atoms with E-state index in [0.717, 1.165) is 0 Å². The molecule has 0 N–H and O–H groups in total. The van der Waals surface area contributed by atoms with Gasteiger partial charge in [0.1, 0.15) is 5.78 Å². The van der Waals surface area contributed by atoms with Gasteiger partial charge in [-0.3, -0.25) is 9.00 Å². The number of Topliss-reactive ketones (excluding diaryl/α,β-unsaturated/α-hetero) is 1. The van der Waals surface area contributed by atoms with Crippen molar-refractivity contribution in [2.24, 2.45) is 0 Å². The van der Waals surface area contributed by atoms with Crippen LogP contribution in [0.15, 0.2) is 0 Å². The van der Waals surface area contributed by atoms with Gasteiger partial charge in [-0.2, -0.15) is 0 Å². The van der Waals surface area contributed by atoms with Gasteiger partial charge in [0.15, 0.2) is 0 Å². The maximum atomic E-state index is 11.0. The van der Waals surface area contributed by atoms with Crippen LogP contribution in [0.4, 0.5) is 0 Å². The lowest BCUT2D eigenvalue weighted by Gasteiger charge is -2.01. The quantitative estimate of drug-likeness (QED) is 0.621. The van der Waals surface area contributed by atoms with Crippen LogP contribution in [0.1, 0.15) is 27.2 Å². The van der Waals surface area contributed by atoms with E-state index in [1.807, 2.05) is 13.8 Å². The van der Waals surface area contributed by atoms with Gasteiger partial charge in [-0.1, -0.05) is 20.8 Å². The van der Waals surface area contributed by atoms with Crippen molar-refractivity contribution in [3.63, 3.8) is 0 Å². The van der Waals surface area contributed by atoms with Gasteiger partial charge >= 0.3 is 0 Å². The normalized spacial score (nSPS) is 13.6. The number of carbonyl (C=O) groups excluding carboxylic acids is 1. The average Bonchev–Trinajstić information content (AvgIpc) is 1.87. The standard InChI is InChI=1S/C7H14O2S/c1-4-7(8)5-10(9)6(2)3/h6H,4-5H2,1-3H3. The summed E-state index contributed by atoms with van der Waals surface area (Å²) in [4.78, 5) is 10.7. The van der Waals surface area contributed by atoms with E-state index in [-0.39, 0.29) is 16.8 Å². The minimum atomic E-state index is -0.951. The molecule has 0 radical (unpaired) electrons. The molecule has 0 heterocycles. The Kier molecular flexibility index (Phi) is 4.52. The second kappa shape index (κ2) is 4.61. The van der Waals surface area contributed by atoms with Crippen LogP contribution >= 0.6 is 0 Å². The molecule has 0 aromatic rings. The first-order valence-electron chi connectivity index (χ1n) is 3.46. The predicted octanol–water partition coefficient (Wildman–Crippen LogP) is 1.12. The third-order valence-electron chi connectivity index (χ3n) is 1.22. The van der Waals surface area contributed by atoms with E-state index in [9.17, 15) is 9.00 Å². The number of hydrogen-bond donors (Lipinski definition) is 0. The average molecular weight is 162 g/mol. The molecular formula is C7H14O2S. The van der Waals surface area contributed by atoms with E-state index in [4.69, 9.17) is 0 Å². The van der Waals surface area contributed by atoms with Crippen LogP contribution in [-0.2, 0) is 15.6 Å². The van der Waals surface area contributed by atoms with Crippen molar-refractivity contribution in [3.8, 4) is 0 Å². The Hall–Kier alpha value is -0.180. The first-order chi connectivity index (χ1) is 4.57. The fourth-order valence-corrected chi connectivity index (χ4v) is 1.28. The van der Waals surface area contributed by atoms with Crippen LogP contribution in [0.3, 0.4) is 0 Å². The summed E-state index contributed by atoms with van der Waals surface area (Å²) in [6, 6.07) is 0. The highest BCUT2D eigenvalue weighted by molar-refractivity contribution is 7.86. The zero-order valence-corrected chi connectivity index (χ0v) is 7.53. The summed E-state index contributed by atoms with van der Waals surface area (Å²) in [5.41, 5.74) is 0. The van der Waals surface area contributed by atoms with Crippen molar-refractivity contribution in [2.75, 3.05) is 5.75 Å². The first-order valence-corrected chi connectivity index (χ1v) is 4.85. The maximum absolute atomic E-state index is 11.0. The Morgan fingerprint density at radius 3 is 2.30 bits per heavy atom. The molecule has 0 rings (SSSR count). The van der Waals surface area contributed by atoms with Crippen LogP contribution in [0.25, 0.3) is 0 Å². The van der Waals surface area contributed by atoms with E-state index in [1.54, 1.807) is 6.92 Å². The lowest BCUT2D eigenvalue weighted by Crippen LogP contribution is -2.16. The van der Waals surface area contributed by atoms with Crippen molar-refractivity contribution in [3.05, 3.63) is 0 Å². The van der Waals surface area contributed by atoms with E-state index in [0.29, 0.717) is 6.42 Å². The second-order valence-electron chi connectivity index (χ2n) is 2.47. The molecular weight excluding hydrogens is 148 g/mol. The van der Waals surface area contributed by atoms with Gasteiger partial charge in [0, 0.05) is 22.5 Å². The molecule has 0 aromatic heterocycles. The van der Waals surface area contributed by atoms with Gasteiger partial charge in [0.05, 0.1) is 5.75 Å². The van der Waals surface area contributed by atoms with Crippen molar-refractivity contribution < 1.29 is 9.00 Å². The SMILES string of the molecule is CCC(=O)CS(=O)C(C)C. The second-order valence-corrected chi connectivity index (χ2v) is 4.46. The highest BCUT2D eigenvalue weighted by atomic mass is 32.2. The molecule has 0 aromatic carbocycles. The van der Waals surface area contributed by atoms with Crippen molar-refractivity contribution in [1.29, 1.82) is 0 Å². The molecule has 60 valence electrons. The summed E-state index contributed by atoms with van der Waals surface area (Å²) in [6.45, 7) is 5.51. The lowest BCUT2D eigenvalue weighted by atomic mass is 10.4. The largest absolute Gasteiger partial charge is 0.299 e.